The lowest BCUT2D eigenvalue weighted by Crippen LogP contribution is -2.71. The molecule has 4 heterocycles. The normalized spacial score (nSPS) is 19.5. The maximum Gasteiger partial charge on any atom is 0.353 e. The maximum absolute atomic E-state index is 13.0. The zero-order valence-corrected chi connectivity index (χ0v) is 22.7. The zero-order chi connectivity index (χ0) is 26.7. The second-order valence-electron chi connectivity index (χ2n) is 7.74. The Balaban J connectivity index is 1.52. The molecule has 2 aromatic heterocycles. The number of aliphatic carboxylic acids is 1. The summed E-state index contributed by atoms with van der Waals surface area (Å²) < 4.78 is 0.881. The van der Waals surface area contributed by atoms with E-state index in [1.54, 1.807) is 17.8 Å². The van der Waals surface area contributed by atoms with Crippen LogP contribution in [0.3, 0.4) is 0 Å². The lowest BCUT2D eigenvalue weighted by atomic mass is 10.0. The third-order valence-corrected chi connectivity index (χ3v) is 10.0. The van der Waals surface area contributed by atoms with E-state index in [1.807, 2.05) is 6.92 Å². The Hall–Kier alpha value is -2.79. The molecule has 2 unspecified atom stereocenters. The second-order valence-corrected chi connectivity index (χ2v) is 12.5. The van der Waals surface area contributed by atoms with E-state index in [-0.39, 0.29) is 17.2 Å². The minimum absolute atomic E-state index is 0.0324. The minimum Gasteiger partial charge on any atom is -0.477 e. The van der Waals surface area contributed by atoms with Crippen LogP contribution in [-0.4, -0.2) is 78.1 Å². The number of fused-ring (bicyclic) bond motifs is 1. The van der Waals surface area contributed by atoms with Crippen LogP contribution in [0.1, 0.15) is 16.4 Å². The number of nitrogens with two attached hydrogens (primary N) is 2. The van der Waals surface area contributed by atoms with Crippen molar-refractivity contribution in [3.05, 3.63) is 45.2 Å². The van der Waals surface area contributed by atoms with E-state index in [9.17, 15) is 24.7 Å². The number of oxime groups is 1. The first-order valence-electron chi connectivity index (χ1n) is 10.8. The fourth-order valence-corrected chi connectivity index (χ4v) is 8.42. The van der Waals surface area contributed by atoms with E-state index in [1.165, 1.54) is 51.9 Å². The molecule has 12 nitrogen and oxygen atoms in total. The molecule has 37 heavy (non-hydrogen) atoms. The number of aryl methyl sites for hydroxylation is 1. The average Bonchev–Trinajstić information content (AvgIpc) is 3.21. The second kappa shape index (κ2) is 11.7. The fourth-order valence-electron chi connectivity index (χ4n) is 3.66. The Bertz CT molecular complexity index is 1300. The highest BCUT2D eigenvalue weighted by atomic mass is 32.2. The lowest BCUT2D eigenvalue weighted by molar-refractivity contribution is -0.150. The van der Waals surface area contributed by atoms with Gasteiger partial charge in [-0.25, -0.2) is 14.8 Å². The van der Waals surface area contributed by atoms with Crippen molar-refractivity contribution in [1.82, 2.24) is 20.2 Å². The molecule has 16 heteroatoms. The van der Waals surface area contributed by atoms with Gasteiger partial charge in [0.25, 0.3) is 11.8 Å². The highest BCUT2D eigenvalue weighted by molar-refractivity contribution is 8.07. The summed E-state index contributed by atoms with van der Waals surface area (Å²) in [5, 5.41) is 25.1. The molecule has 0 radical (unpaired) electrons. The van der Waals surface area contributed by atoms with Crippen LogP contribution >= 0.6 is 46.6 Å². The molecule has 0 aromatic carbocycles. The van der Waals surface area contributed by atoms with Gasteiger partial charge in [0.05, 0.1) is 14.9 Å². The summed E-state index contributed by atoms with van der Waals surface area (Å²) in [6, 6.07) is 3.49. The van der Waals surface area contributed by atoms with Gasteiger partial charge in [-0.2, -0.15) is 11.8 Å². The first-order valence-corrected chi connectivity index (χ1v) is 14.7. The van der Waals surface area contributed by atoms with Crippen molar-refractivity contribution < 1.29 is 24.7 Å². The van der Waals surface area contributed by atoms with Crippen LogP contribution in [0.15, 0.2) is 38.2 Å². The quantitative estimate of drug-likeness (QED) is 0.0887. The molecule has 1 saturated heterocycles. The van der Waals surface area contributed by atoms with Crippen molar-refractivity contribution in [2.45, 2.75) is 28.3 Å². The number of nitrogen functional groups attached to an aromatic ring is 1. The van der Waals surface area contributed by atoms with Crippen molar-refractivity contribution in [2.24, 2.45) is 10.9 Å². The van der Waals surface area contributed by atoms with Gasteiger partial charge in [0, 0.05) is 28.7 Å². The number of aromatic nitrogens is 2. The number of hydrogen-bond donors (Lipinski definition) is 5. The van der Waals surface area contributed by atoms with E-state index in [0.717, 1.165) is 20.7 Å². The molecule has 2 aliphatic rings. The number of β-lactam (4-membered cyclic amide) rings is 1. The number of nitrogens with zero attached hydrogens (tertiary/aromatic N) is 4. The number of carboxylic acids is 1. The van der Waals surface area contributed by atoms with E-state index in [4.69, 9.17) is 11.5 Å². The third kappa shape index (κ3) is 5.72. The number of hydrogen-bond acceptors (Lipinski definition) is 13. The number of carbonyl (C=O) groups excluding carboxylic acids is 2. The smallest absolute Gasteiger partial charge is 0.353 e. The van der Waals surface area contributed by atoms with Gasteiger partial charge < -0.3 is 27.1 Å². The van der Waals surface area contributed by atoms with Crippen molar-refractivity contribution in [3.63, 3.8) is 0 Å². The molecule has 0 bridgehead atoms. The number of nitrogens with one attached hydrogen (secondary N) is 1. The number of pyridine rings is 1. The first-order chi connectivity index (χ1) is 17.7. The van der Waals surface area contributed by atoms with Crippen LogP contribution in [-0.2, 0) is 20.1 Å². The van der Waals surface area contributed by atoms with Crippen LogP contribution in [0.2, 0.25) is 0 Å². The van der Waals surface area contributed by atoms with Gasteiger partial charge in [0.15, 0.2) is 5.71 Å². The Morgan fingerprint density at radius 3 is 2.81 bits per heavy atom. The lowest BCUT2D eigenvalue weighted by Gasteiger charge is -2.49. The van der Waals surface area contributed by atoms with Gasteiger partial charge in [-0.3, -0.25) is 14.5 Å². The summed E-state index contributed by atoms with van der Waals surface area (Å²) in [5.74, 6) is -0.739. The largest absolute Gasteiger partial charge is 0.477 e. The van der Waals surface area contributed by atoms with Crippen LogP contribution in [0.25, 0.3) is 0 Å². The molecule has 2 amide bonds. The van der Waals surface area contributed by atoms with Crippen LogP contribution in [0.5, 0.6) is 0 Å². The summed E-state index contributed by atoms with van der Waals surface area (Å²) >= 11 is 5.77. The zero-order valence-electron chi connectivity index (χ0n) is 19.4. The van der Waals surface area contributed by atoms with E-state index >= 15 is 0 Å². The fraction of sp³-hybridized carbons (Fsp3) is 0.333. The predicted octanol–water partition coefficient (Wildman–Crippen LogP) is 1.29. The number of amides is 2. The number of carboxylic acid groups (broad SMARTS) is 1. The summed E-state index contributed by atoms with van der Waals surface area (Å²) in [7, 11) is 0. The Morgan fingerprint density at radius 1 is 1.35 bits per heavy atom. The highest BCUT2D eigenvalue weighted by Crippen LogP contribution is 2.47. The highest BCUT2D eigenvalue weighted by Gasteiger charge is 2.54. The molecule has 1 fully saturated rings. The maximum atomic E-state index is 13.0. The van der Waals surface area contributed by atoms with Gasteiger partial charge in [-0.05, 0) is 19.1 Å². The number of anilines is 1. The molecular weight excluding hydrogens is 559 g/mol. The van der Waals surface area contributed by atoms with Gasteiger partial charge in [0.1, 0.15) is 28.6 Å². The van der Waals surface area contributed by atoms with E-state index in [2.05, 4.69) is 20.4 Å². The van der Waals surface area contributed by atoms with Crippen molar-refractivity contribution in [1.29, 1.82) is 0 Å². The summed E-state index contributed by atoms with van der Waals surface area (Å²) in [5.41, 5.74) is 11.6. The molecule has 0 spiro atoms. The summed E-state index contributed by atoms with van der Waals surface area (Å²) in [4.78, 5) is 48.3. The van der Waals surface area contributed by atoms with E-state index < -0.39 is 34.9 Å². The van der Waals surface area contributed by atoms with Gasteiger partial charge in [0.2, 0.25) is 0 Å². The van der Waals surface area contributed by atoms with Crippen LogP contribution in [0.4, 0.5) is 5.82 Å². The number of thioether (sulfide) groups is 3. The number of carbonyl (C=O) groups is 3. The SMILES string of the molecule is Cc1nc(CSCCN)c(SC2=C(C(=O)O)N3C(=O)C(NC(=O)/C(=N\O)c4cccc(N)n4)C3SC2)s1. The average molecular weight is 582 g/mol. The predicted molar refractivity (Wildman–Crippen MR) is 145 cm³/mol. The van der Waals surface area contributed by atoms with Gasteiger partial charge in [-0.15, -0.1) is 23.1 Å². The van der Waals surface area contributed by atoms with Gasteiger partial charge in [-0.1, -0.05) is 23.0 Å². The number of rotatable bonds is 10. The van der Waals surface area contributed by atoms with Crippen molar-refractivity contribution >= 4 is 75.9 Å². The molecule has 2 aromatic rings. The first kappa shape index (κ1) is 27.3. The molecule has 0 saturated carbocycles. The molecule has 196 valence electrons. The van der Waals surface area contributed by atoms with Crippen LogP contribution in [0, 0.1) is 6.92 Å². The Labute approximate surface area is 228 Å². The molecular formula is C21H23N7O5S4. The molecule has 0 aliphatic carbocycles. The number of thiazole rings is 1. The Kier molecular flexibility index (Phi) is 8.63. The topological polar surface area (TPSA) is 197 Å². The summed E-state index contributed by atoms with van der Waals surface area (Å²) in [6.07, 6.45) is 0. The molecule has 4 rings (SSSR count). The van der Waals surface area contributed by atoms with E-state index in [0.29, 0.717) is 23.0 Å². The van der Waals surface area contributed by atoms with Crippen molar-refractivity contribution in [2.75, 3.05) is 23.8 Å². The minimum atomic E-state index is -1.23. The Morgan fingerprint density at radius 2 is 2.14 bits per heavy atom. The third-order valence-electron chi connectivity index (χ3n) is 5.24. The van der Waals surface area contributed by atoms with Crippen LogP contribution < -0.4 is 16.8 Å². The molecule has 7 N–H and O–H groups in total. The monoisotopic (exact) mass is 581 g/mol. The molecule has 2 atom stereocenters. The standard InChI is InChI=1S/C21H23N7O5S4/c1-9-24-11(7-34-6-5-22)21(36-9)37-12-8-35-19-15(18(30)28(19)16(12)20(31)32)26-17(29)14(27-33)10-3-2-4-13(23)25-10/h2-4,15,19,33H,5-8,22H2,1H3,(H2,23,25)(H,26,29)(H,31,32)/b27-14-. The summed E-state index contributed by atoms with van der Waals surface area (Å²) in [6.45, 7) is 2.44. The van der Waals surface area contributed by atoms with Crippen molar-refractivity contribution in [3.8, 4) is 0 Å². The molecule has 2 aliphatic heterocycles. The van der Waals surface area contributed by atoms with Gasteiger partial charge >= 0.3 is 5.97 Å².